The summed E-state index contributed by atoms with van der Waals surface area (Å²) in [6, 6.07) is 8.71. The summed E-state index contributed by atoms with van der Waals surface area (Å²) in [5, 5.41) is 6.69. The minimum absolute atomic E-state index is 0.316. The number of anilines is 1. The Kier molecular flexibility index (Phi) is 6.32. The lowest BCUT2D eigenvalue weighted by molar-refractivity contribution is 0.114. The molecule has 132 valence electrons. The number of guanidine groups is 1. The molecule has 0 bridgehead atoms. The van der Waals surface area contributed by atoms with E-state index in [1.165, 1.54) is 11.3 Å². The Labute approximate surface area is 144 Å². The predicted octanol–water partition coefficient (Wildman–Crippen LogP) is 1.37. The number of hydrogen-bond donors (Lipinski definition) is 2. The zero-order valence-corrected chi connectivity index (χ0v) is 14.5. The molecule has 0 aliphatic carbocycles. The fourth-order valence-electron chi connectivity index (χ4n) is 3.07. The van der Waals surface area contributed by atoms with Crippen molar-refractivity contribution in [2.75, 3.05) is 51.4 Å². The molecule has 3 rings (SSSR count). The molecule has 6 nitrogen and oxygen atoms in total. The Morgan fingerprint density at radius 1 is 1.17 bits per heavy atom. The third kappa shape index (κ3) is 4.85. The molecule has 0 amide bonds. The van der Waals surface area contributed by atoms with Gasteiger partial charge < -0.3 is 25.0 Å². The first-order valence-corrected chi connectivity index (χ1v) is 8.83. The normalized spacial score (nSPS) is 21.8. The molecule has 1 aromatic rings. The molecule has 6 heteroatoms. The van der Waals surface area contributed by atoms with Crippen molar-refractivity contribution in [3.63, 3.8) is 0 Å². The highest BCUT2D eigenvalue weighted by Gasteiger charge is 2.15. The van der Waals surface area contributed by atoms with E-state index < -0.39 is 0 Å². The topological polar surface area (TPSA) is 58.1 Å². The molecule has 0 radical (unpaired) electrons. The van der Waals surface area contributed by atoms with E-state index in [0.29, 0.717) is 6.10 Å². The maximum atomic E-state index is 5.62. The van der Waals surface area contributed by atoms with Gasteiger partial charge in [0.2, 0.25) is 0 Å². The van der Waals surface area contributed by atoms with Crippen molar-refractivity contribution in [1.29, 1.82) is 0 Å². The second kappa shape index (κ2) is 8.89. The van der Waals surface area contributed by atoms with Crippen LogP contribution in [0.4, 0.5) is 5.69 Å². The van der Waals surface area contributed by atoms with Crippen molar-refractivity contribution in [2.24, 2.45) is 4.99 Å². The smallest absolute Gasteiger partial charge is 0.191 e. The third-order valence-electron chi connectivity index (χ3n) is 4.52. The summed E-state index contributed by atoms with van der Waals surface area (Å²) in [5.41, 5.74) is 2.51. The van der Waals surface area contributed by atoms with Crippen LogP contribution in [0, 0.1) is 0 Å². The standard InChI is InChI=1S/C18H28N4O2/c1-19-18(21-14-17-3-2-10-24-17)20-13-15-4-6-16(7-5-15)22-8-11-23-12-9-22/h4-7,17H,2-3,8-14H2,1H3,(H2,19,20,21). The predicted molar refractivity (Wildman–Crippen MR) is 96.6 cm³/mol. The second-order valence-electron chi connectivity index (χ2n) is 6.21. The molecule has 24 heavy (non-hydrogen) atoms. The van der Waals surface area contributed by atoms with Crippen LogP contribution < -0.4 is 15.5 Å². The van der Waals surface area contributed by atoms with Gasteiger partial charge in [-0.2, -0.15) is 0 Å². The third-order valence-corrected chi connectivity index (χ3v) is 4.52. The van der Waals surface area contributed by atoms with Gasteiger partial charge in [-0.3, -0.25) is 4.99 Å². The fraction of sp³-hybridized carbons (Fsp3) is 0.611. The molecule has 2 N–H and O–H groups in total. The van der Waals surface area contributed by atoms with Crippen molar-refractivity contribution in [3.8, 4) is 0 Å². The van der Waals surface area contributed by atoms with E-state index in [0.717, 1.165) is 64.8 Å². The molecule has 2 saturated heterocycles. The molecule has 1 aromatic carbocycles. The second-order valence-corrected chi connectivity index (χ2v) is 6.21. The number of hydrogen-bond acceptors (Lipinski definition) is 4. The van der Waals surface area contributed by atoms with Gasteiger partial charge in [0.15, 0.2) is 5.96 Å². The molecular formula is C18H28N4O2. The minimum atomic E-state index is 0.316. The lowest BCUT2D eigenvalue weighted by Crippen LogP contribution is -2.40. The molecule has 2 aliphatic heterocycles. The van der Waals surface area contributed by atoms with Crippen molar-refractivity contribution < 1.29 is 9.47 Å². The summed E-state index contributed by atoms with van der Waals surface area (Å²) in [5.74, 6) is 0.822. The maximum Gasteiger partial charge on any atom is 0.191 e. The van der Waals surface area contributed by atoms with Crippen LogP contribution in [-0.4, -0.2) is 58.6 Å². The monoisotopic (exact) mass is 332 g/mol. The van der Waals surface area contributed by atoms with Gasteiger partial charge in [0, 0.05) is 45.5 Å². The molecule has 2 heterocycles. The minimum Gasteiger partial charge on any atom is -0.378 e. The van der Waals surface area contributed by atoms with Crippen molar-refractivity contribution in [1.82, 2.24) is 10.6 Å². The van der Waals surface area contributed by atoms with Gasteiger partial charge >= 0.3 is 0 Å². The van der Waals surface area contributed by atoms with Crippen molar-refractivity contribution in [3.05, 3.63) is 29.8 Å². The van der Waals surface area contributed by atoms with Crippen molar-refractivity contribution in [2.45, 2.75) is 25.5 Å². The molecule has 0 spiro atoms. The first-order valence-electron chi connectivity index (χ1n) is 8.83. The van der Waals surface area contributed by atoms with Crippen LogP contribution in [0.1, 0.15) is 18.4 Å². The average molecular weight is 332 g/mol. The van der Waals surface area contributed by atoms with Gasteiger partial charge in [0.25, 0.3) is 0 Å². The highest BCUT2D eigenvalue weighted by molar-refractivity contribution is 5.79. The van der Waals surface area contributed by atoms with Gasteiger partial charge in [-0.25, -0.2) is 0 Å². The fourth-order valence-corrected chi connectivity index (χ4v) is 3.07. The zero-order valence-electron chi connectivity index (χ0n) is 14.5. The summed E-state index contributed by atoms with van der Waals surface area (Å²) in [6.07, 6.45) is 2.61. The largest absolute Gasteiger partial charge is 0.378 e. The van der Waals surface area contributed by atoms with E-state index in [9.17, 15) is 0 Å². The van der Waals surface area contributed by atoms with E-state index in [1.807, 2.05) is 0 Å². The Morgan fingerprint density at radius 2 is 1.96 bits per heavy atom. The van der Waals surface area contributed by atoms with Crippen LogP contribution in [0.25, 0.3) is 0 Å². The molecule has 0 saturated carbocycles. The Morgan fingerprint density at radius 3 is 2.62 bits per heavy atom. The van der Waals surface area contributed by atoms with E-state index in [-0.39, 0.29) is 0 Å². The van der Waals surface area contributed by atoms with E-state index >= 15 is 0 Å². The van der Waals surface area contributed by atoms with E-state index in [1.54, 1.807) is 7.05 Å². The van der Waals surface area contributed by atoms with E-state index in [4.69, 9.17) is 9.47 Å². The highest BCUT2D eigenvalue weighted by Crippen LogP contribution is 2.16. The zero-order chi connectivity index (χ0) is 16.6. The Balaban J connectivity index is 1.44. The van der Waals surface area contributed by atoms with Gasteiger partial charge in [0.05, 0.1) is 19.3 Å². The molecule has 2 fully saturated rings. The molecule has 1 atom stereocenters. The number of benzene rings is 1. The average Bonchev–Trinajstić information content (AvgIpc) is 3.17. The van der Waals surface area contributed by atoms with Crippen LogP contribution in [0.15, 0.2) is 29.3 Å². The van der Waals surface area contributed by atoms with Crippen LogP contribution in [-0.2, 0) is 16.0 Å². The summed E-state index contributed by atoms with van der Waals surface area (Å²) in [7, 11) is 1.80. The molecule has 0 aromatic heterocycles. The Hall–Kier alpha value is -1.79. The SMILES string of the molecule is CN=C(NCc1ccc(N2CCOCC2)cc1)NCC1CCCO1. The Bertz CT molecular complexity index is 520. The van der Waals surface area contributed by atoms with Gasteiger partial charge in [-0.05, 0) is 30.5 Å². The highest BCUT2D eigenvalue weighted by atomic mass is 16.5. The summed E-state index contributed by atoms with van der Waals surface area (Å²) in [4.78, 5) is 6.64. The lowest BCUT2D eigenvalue weighted by Gasteiger charge is -2.29. The summed E-state index contributed by atoms with van der Waals surface area (Å²) in [6.45, 7) is 6.03. The maximum absolute atomic E-state index is 5.62. The van der Waals surface area contributed by atoms with Crippen LogP contribution in [0.2, 0.25) is 0 Å². The number of rotatable bonds is 5. The van der Waals surface area contributed by atoms with Crippen LogP contribution >= 0.6 is 0 Å². The molecule has 1 unspecified atom stereocenters. The summed E-state index contributed by atoms with van der Waals surface area (Å²) >= 11 is 0. The first-order chi connectivity index (χ1) is 11.8. The molecule has 2 aliphatic rings. The van der Waals surface area contributed by atoms with Gasteiger partial charge in [-0.1, -0.05) is 12.1 Å². The first kappa shape index (κ1) is 17.0. The number of aliphatic imine (C=N–C) groups is 1. The molecular weight excluding hydrogens is 304 g/mol. The number of ether oxygens (including phenoxy) is 2. The van der Waals surface area contributed by atoms with Gasteiger partial charge in [0.1, 0.15) is 0 Å². The number of nitrogens with one attached hydrogen (secondary N) is 2. The summed E-state index contributed by atoms with van der Waals surface area (Å²) < 4.78 is 11.0. The van der Waals surface area contributed by atoms with Gasteiger partial charge in [-0.15, -0.1) is 0 Å². The number of morpholine rings is 1. The number of nitrogens with zero attached hydrogens (tertiary/aromatic N) is 2. The van der Waals surface area contributed by atoms with Crippen molar-refractivity contribution >= 4 is 11.6 Å². The van der Waals surface area contributed by atoms with Crippen LogP contribution in [0.3, 0.4) is 0 Å². The van der Waals surface area contributed by atoms with E-state index in [2.05, 4.69) is 44.8 Å². The quantitative estimate of drug-likeness (QED) is 0.630. The van der Waals surface area contributed by atoms with Crippen LogP contribution in [0.5, 0.6) is 0 Å². The lowest BCUT2D eigenvalue weighted by atomic mass is 10.2.